The van der Waals surface area contributed by atoms with Crippen LogP contribution in [-0.2, 0) is 9.59 Å². The molecule has 3 N–H and O–H groups in total. The van der Waals surface area contributed by atoms with E-state index in [4.69, 9.17) is 5.11 Å². The van der Waals surface area contributed by atoms with Gasteiger partial charge in [-0.1, -0.05) is 0 Å². The summed E-state index contributed by atoms with van der Waals surface area (Å²) in [6, 6.07) is 0. The number of carbonyl (C=O) groups excluding carboxylic acids is 1. The summed E-state index contributed by atoms with van der Waals surface area (Å²) in [6.07, 6.45) is -0.588. The van der Waals surface area contributed by atoms with E-state index < -0.39 is 18.2 Å². The zero-order valence-electron chi connectivity index (χ0n) is 10.7. The first-order chi connectivity index (χ1) is 8.97. The van der Waals surface area contributed by atoms with E-state index in [1.54, 1.807) is 9.80 Å². The molecular formula is C12H20N2O5. The molecule has 2 heterocycles. The molecule has 7 nitrogen and oxygen atoms in total. The molecule has 0 aromatic heterocycles. The molecule has 2 saturated heterocycles. The number of carboxylic acids is 1. The van der Waals surface area contributed by atoms with Crippen LogP contribution in [0.25, 0.3) is 0 Å². The molecule has 7 heteroatoms. The maximum Gasteiger partial charge on any atom is 0.306 e. The van der Waals surface area contributed by atoms with Crippen LogP contribution in [0.2, 0.25) is 0 Å². The highest BCUT2D eigenvalue weighted by molar-refractivity contribution is 5.79. The molecule has 0 saturated carbocycles. The van der Waals surface area contributed by atoms with Crippen molar-refractivity contribution in [3.05, 3.63) is 0 Å². The Labute approximate surface area is 111 Å². The average Bonchev–Trinajstić information content (AvgIpc) is 2.68. The van der Waals surface area contributed by atoms with Crippen LogP contribution in [0.4, 0.5) is 0 Å². The molecule has 0 aromatic carbocycles. The molecule has 0 aliphatic carbocycles. The topological polar surface area (TPSA) is 101 Å². The monoisotopic (exact) mass is 272 g/mol. The van der Waals surface area contributed by atoms with Crippen molar-refractivity contribution >= 4 is 11.9 Å². The minimum Gasteiger partial charge on any atom is -0.481 e. The fraction of sp³-hybridized carbons (Fsp3) is 0.833. The SMILES string of the molecule is O=C(O)C1CCN(C(=O)CN2CC(O)C(O)C2)CC1. The smallest absolute Gasteiger partial charge is 0.306 e. The van der Waals surface area contributed by atoms with Gasteiger partial charge >= 0.3 is 5.97 Å². The highest BCUT2D eigenvalue weighted by Crippen LogP contribution is 2.18. The predicted molar refractivity (Wildman–Crippen MR) is 65.4 cm³/mol. The molecule has 0 spiro atoms. The Morgan fingerprint density at radius 2 is 1.58 bits per heavy atom. The number of hydrogen-bond donors (Lipinski definition) is 3. The molecule has 1 amide bonds. The molecule has 0 bridgehead atoms. The zero-order chi connectivity index (χ0) is 14.0. The molecule has 2 unspecified atom stereocenters. The number of aliphatic carboxylic acids is 1. The summed E-state index contributed by atoms with van der Waals surface area (Å²) in [5, 5.41) is 27.7. The lowest BCUT2D eigenvalue weighted by molar-refractivity contribution is -0.145. The lowest BCUT2D eigenvalue weighted by Crippen LogP contribution is -2.45. The fourth-order valence-corrected chi connectivity index (χ4v) is 2.64. The van der Waals surface area contributed by atoms with Crippen molar-refractivity contribution in [3.63, 3.8) is 0 Å². The molecule has 2 fully saturated rings. The van der Waals surface area contributed by atoms with Crippen LogP contribution in [-0.4, -0.2) is 81.9 Å². The average molecular weight is 272 g/mol. The molecule has 2 aliphatic rings. The highest BCUT2D eigenvalue weighted by Gasteiger charge is 2.32. The summed E-state index contributed by atoms with van der Waals surface area (Å²) < 4.78 is 0. The summed E-state index contributed by atoms with van der Waals surface area (Å²) in [4.78, 5) is 26.2. The Morgan fingerprint density at radius 3 is 2.05 bits per heavy atom. The standard InChI is InChI=1S/C12H20N2O5/c15-9-5-13(6-10(9)16)7-11(17)14-3-1-8(2-4-14)12(18)19/h8-10,15-16H,1-7H2,(H,18,19). The van der Waals surface area contributed by atoms with Gasteiger partial charge in [-0.3, -0.25) is 14.5 Å². The molecular weight excluding hydrogens is 252 g/mol. The van der Waals surface area contributed by atoms with Crippen LogP contribution in [0, 0.1) is 5.92 Å². The number of likely N-dealkylation sites (tertiary alicyclic amines) is 2. The molecule has 19 heavy (non-hydrogen) atoms. The minimum atomic E-state index is -0.794. The third-order valence-electron chi connectivity index (χ3n) is 3.89. The summed E-state index contributed by atoms with van der Waals surface area (Å²) in [7, 11) is 0. The highest BCUT2D eigenvalue weighted by atomic mass is 16.4. The molecule has 2 rings (SSSR count). The van der Waals surface area contributed by atoms with Gasteiger partial charge in [0.15, 0.2) is 0 Å². The van der Waals surface area contributed by atoms with E-state index in [9.17, 15) is 19.8 Å². The number of carboxylic acid groups (broad SMARTS) is 1. The van der Waals surface area contributed by atoms with Crippen molar-refractivity contribution in [2.45, 2.75) is 25.0 Å². The van der Waals surface area contributed by atoms with Gasteiger partial charge in [0.25, 0.3) is 0 Å². The van der Waals surface area contributed by atoms with E-state index >= 15 is 0 Å². The number of aliphatic hydroxyl groups is 2. The van der Waals surface area contributed by atoms with Gasteiger partial charge < -0.3 is 20.2 Å². The fourth-order valence-electron chi connectivity index (χ4n) is 2.64. The molecule has 0 aromatic rings. The van der Waals surface area contributed by atoms with Gasteiger partial charge in [-0.05, 0) is 12.8 Å². The third-order valence-corrected chi connectivity index (χ3v) is 3.89. The van der Waals surface area contributed by atoms with Crippen LogP contribution < -0.4 is 0 Å². The molecule has 108 valence electrons. The van der Waals surface area contributed by atoms with Gasteiger partial charge in [0.1, 0.15) is 0 Å². The maximum absolute atomic E-state index is 12.0. The summed E-state index contributed by atoms with van der Waals surface area (Å²) >= 11 is 0. The lowest BCUT2D eigenvalue weighted by Gasteiger charge is -2.31. The van der Waals surface area contributed by atoms with Crippen molar-refractivity contribution < 1.29 is 24.9 Å². The lowest BCUT2D eigenvalue weighted by atomic mass is 9.97. The van der Waals surface area contributed by atoms with E-state index in [1.165, 1.54) is 0 Å². The van der Waals surface area contributed by atoms with E-state index in [1.807, 2.05) is 0 Å². The number of amides is 1. The number of β-amino-alcohol motifs (C(OH)–C–C–N with tert-alkyl or cyclic N) is 2. The van der Waals surface area contributed by atoms with E-state index in [2.05, 4.69) is 0 Å². The van der Waals surface area contributed by atoms with Crippen LogP contribution in [0.1, 0.15) is 12.8 Å². The van der Waals surface area contributed by atoms with Crippen LogP contribution in [0.5, 0.6) is 0 Å². The van der Waals surface area contributed by atoms with Gasteiger partial charge in [0.2, 0.25) is 5.91 Å². The Morgan fingerprint density at radius 1 is 1.05 bits per heavy atom. The van der Waals surface area contributed by atoms with Crippen molar-refractivity contribution in [3.8, 4) is 0 Å². The van der Waals surface area contributed by atoms with Gasteiger partial charge in [-0.15, -0.1) is 0 Å². The number of piperidine rings is 1. The van der Waals surface area contributed by atoms with E-state index in [0.29, 0.717) is 39.0 Å². The maximum atomic E-state index is 12.0. The van der Waals surface area contributed by atoms with Crippen LogP contribution in [0.15, 0.2) is 0 Å². The normalized spacial score (nSPS) is 29.7. The number of nitrogens with zero attached hydrogens (tertiary/aromatic N) is 2. The summed E-state index contributed by atoms with van der Waals surface area (Å²) in [5.74, 6) is -1.21. The third kappa shape index (κ3) is 3.43. The van der Waals surface area contributed by atoms with Crippen LogP contribution in [0.3, 0.4) is 0 Å². The largest absolute Gasteiger partial charge is 0.481 e. The Kier molecular flexibility index (Phi) is 4.38. The zero-order valence-corrected chi connectivity index (χ0v) is 10.7. The second-order valence-corrected chi connectivity index (χ2v) is 5.32. The van der Waals surface area contributed by atoms with Gasteiger partial charge in [-0.2, -0.15) is 0 Å². The van der Waals surface area contributed by atoms with Gasteiger partial charge in [0, 0.05) is 26.2 Å². The van der Waals surface area contributed by atoms with E-state index in [0.717, 1.165) is 0 Å². The quantitative estimate of drug-likeness (QED) is 0.569. The first kappa shape index (κ1) is 14.2. The van der Waals surface area contributed by atoms with Crippen molar-refractivity contribution in [2.75, 3.05) is 32.7 Å². The molecule has 2 atom stereocenters. The number of hydrogen-bond acceptors (Lipinski definition) is 5. The molecule has 0 radical (unpaired) electrons. The first-order valence-corrected chi connectivity index (χ1v) is 6.56. The number of rotatable bonds is 3. The predicted octanol–water partition coefficient (Wildman–Crippen LogP) is -1.65. The van der Waals surface area contributed by atoms with Gasteiger partial charge in [0.05, 0.1) is 24.7 Å². The Bertz CT molecular complexity index is 344. The minimum absolute atomic E-state index is 0.0647. The van der Waals surface area contributed by atoms with Crippen molar-refractivity contribution in [1.82, 2.24) is 9.80 Å². The summed E-state index contributed by atoms with van der Waals surface area (Å²) in [5.41, 5.74) is 0. The second-order valence-electron chi connectivity index (χ2n) is 5.32. The number of carbonyl (C=O) groups is 2. The van der Waals surface area contributed by atoms with E-state index in [-0.39, 0.29) is 18.4 Å². The van der Waals surface area contributed by atoms with Crippen molar-refractivity contribution in [1.29, 1.82) is 0 Å². The summed E-state index contributed by atoms with van der Waals surface area (Å²) in [6.45, 7) is 1.71. The Balaban J connectivity index is 1.77. The van der Waals surface area contributed by atoms with Gasteiger partial charge in [-0.25, -0.2) is 0 Å². The molecule has 2 aliphatic heterocycles. The van der Waals surface area contributed by atoms with Crippen LogP contribution >= 0.6 is 0 Å². The second kappa shape index (κ2) is 5.85. The Hall–Kier alpha value is -1.18. The number of aliphatic hydroxyl groups excluding tert-OH is 2. The van der Waals surface area contributed by atoms with Crippen molar-refractivity contribution in [2.24, 2.45) is 5.92 Å². The first-order valence-electron chi connectivity index (χ1n) is 6.56.